The molecule has 0 aliphatic carbocycles. The van der Waals surface area contributed by atoms with Crippen molar-refractivity contribution >= 4 is 17.0 Å². The maximum atomic E-state index is 6.12. The fraction of sp³-hybridized carbons (Fsp3) is 0.409. The SMILES string of the molecule is COc1cc(-n2ccnc2)cc(C)c1OCCCN1CCN(c2ccsc2)CC1. The first-order valence-electron chi connectivity index (χ1n) is 10.0. The molecule has 1 saturated heterocycles. The average Bonchev–Trinajstić information content (AvgIpc) is 3.46. The minimum absolute atomic E-state index is 0.687. The van der Waals surface area contributed by atoms with Crippen LogP contribution in [0.25, 0.3) is 5.69 Å². The molecule has 7 heteroatoms. The lowest BCUT2D eigenvalue weighted by Gasteiger charge is -2.35. The standard InChI is InChI=1S/C22H28N4O2S/c1-18-14-20(26-7-5-23-17-26)15-21(27-2)22(18)28-12-3-6-24-8-10-25(11-9-24)19-4-13-29-16-19/h4-5,7,13-17H,3,6,8-12H2,1-2H3. The van der Waals surface area contributed by atoms with Gasteiger partial charge in [0.25, 0.3) is 0 Å². The second-order valence-electron chi connectivity index (χ2n) is 7.28. The largest absolute Gasteiger partial charge is 0.493 e. The van der Waals surface area contributed by atoms with Crippen molar-refractivity contribution in [2.45, 2.75) is 13.3 Å². The van der Waals surface area contributed by atoms with Gasteiger partial charge in [0.2, 0.25) is 0 Å². The average molecular weight is 413 g/mol. The smallest absolute Gasteiger partial charge is 0.164 e. The van der Waals surface area contributed by atoms with E-state index in [1.165, 1.54) is 5.69 Å². The number of aromatic nitrogens is 2. The molecular formula is C22H28N4O2S. The molecule has 3 aromatic rings. The van der Waals surface area contributed by atoms with Crippen molar-refractivity contribution < 1.29 is 9.47 Å². The number of benzene rings is 1. The molecule has 154 valence electrons. The van der Waals surface area contributed by atoms with Gasteiger partial charge in [-0.05, 0) is 36.4 Å². The zero-order valence-corrected chi connectivity index (χ0v) is 17.9. The molecule has 1 aromatic carbocycles. The highest BCUT2D eigenvalue weighted by atomic mass is 32.1. The lowest BCUT2D eigenvalue weighted by Crippen LogP contribution is -2.46. The van der Waals surface area contributed by atoms with Crippen molar-refractivity contribution in [1.82, 2.24) is 14.5 Å². The van der Waals surface area contributed by atoms with Gasteiger partial charge in [-0.1, -0.05) is 0 Å². The second-order valence-corrected chi connectivity index (χ2v) is 8.06. The molecule has 0 N–H and O–H groups in total. The molecule has 0 radical (unpaired) electrons. The van der Waals surface area contributed by atoms with E-state index < -0.39 is 0 Å². The normalized spacial score (nSPS) is 14.9. The van der Waals surface area contributed by atoms with Gasteiger partial charge >= 0.3 is 0 Å². The predicted octanol–water partition coefficient (Wildman–Crippen LogP) is 3.84. The predicted molar refractivity (Wildman–Crippen MR) is 118 cm³/mol. The van der Waals surface area contributed by atoms with Gasteiger partial charge < -0.3 is 18.9 Å². The number of methoxy groups -OCH3 is 1. The van der Waals surface area contributed by atoms with E-state index in [0.717, 1.165) is 61.9 Å². The van der Waals surface area contributed by atoms with Crippen LogP contribution in [-0.2, 0) is 0 Å². The van der Waals surface area contributed by atoms with Crippen LogP contribution in [0.15, 0.2) is 47.7 Å². The van der Waals surface area contributed by atoms with Gasteiger partial charge in [0.15, 0.2) is 11.5 Å². The van der Waals surface area contributed by atoms with Crippen LogP contribution in [0.4, 0.5) is 5.69 Å². The molecule has 4 rings (SSSR count). The summed E-state index contributed by atoms with van der Waals surface area (Å²) in [4.78, 5) is 9.11. The van der Waals surface area contributed by atoms with Gasteiger partial charge in [0.05, 0.1) is 25.7 Å². The third-order valence-corrected chi connectivity index (χ3v) is 6.03. The number of hydrogen-bond donors (Lipinski definition) is 0. The van der Waals surface area contributed by atoms with Crippen LogP contribution in [0.5, 0.6) is 11.5 Å². The summed E-state index contributed by atoms with van der Waals surface area (Å²) < 4.78 is 13.7. The molecule has 1 aliphatic rings. The highest BCUT2D eigenvalue weighted by molar-refractivity contribution is 7.08. The van der Waals surface area contributed by atoms with E-state index in [-0.39, 0.29) is 0 Å². The monoisotopic (exact) mass is 412 g/mol. The van der Waals surface area contributed by atoms with Gasteiger partial charge in [0.1, 0.15) is 0 Å². The van der Waals surface area contributed by atoms with Gasteiger partial charge in [-0.25, -0.2) is 4.98 Å². The number of hydrogen-bond acceptors (Lipinski definition) is 6. The van der Waals surface area contributed by atoms with Crippen molar-refractivity contribution in [2.75, 3.05) is 51.3 Å². The maximum Gasteiger partial charge on any atom is 0.164 e. The Morgan fingerprint density at radius 3 is 2.69 bits per heavy atom. The molecule has 1 fully saturated rings. The van der Waals surface area contributed by atoms with E-state index in [4.69, 9.17) is 9.47 Å². The Hall–Kier alpha value is -2.51. The Bertz CT molecular complexity index is 888. The highest BCUT2D eigenvalue weighted by Gasteiger charge is 2.17. The molecular weight excluding hydrogens is 384 g/mol. The third kappa shape index (κ3) is 4.74. The van der Waals surface area contributed by atoms with E-state index in [1.54, 1.807) is 31.0 Å². The van der Waals surface area contributed by atoms with E-state index in [0.29, 0.717) is 6.61 Å². The van der Waals surface area contributed by atoms with E-state index in [9.17, 15) is 0 Å². The summed E-state index contributed by atoms with van der Waals surface area (Å²) in [5, 5.41) is 4.38. The molecule has 0 spiro atoms. The van der Waals surface area contributed by atoms with Gasteiger partial charge in [-0.15, -0.1) is 0 Å². The Morgan fingerprint density at radius 1 is 1.14 bits per heavy atom. The zero-order chi connectivity index (χ0) is 20.1. The van der Waals surface area contributed by atoms with Crippen LogP contribution in [0.1, 0.15) is 12.0 Å². The van der Waals surface area contributed by atoms with Gasteiger partial charge in [-0.2, -0.15) is 11.3 Å². The molecule has 0 unspecified atom stereocenters. The van der Waals surface area contributed by atoms with Crippen molar-refractivity contribution in [2.24, 2.45) is 0 Å². The summed E-state index contributed by atoms with van der Waals surface area (Å²) in [6, 6.07) is 6.30. The number of anilines is 1. The second kappa shape index (κ2) is 9.33. The van der Waals surface area contributed by atoms with Gasteiger partial charge in [-0.3, -0.25) is 4.90 Å². The first kappa shape index (κ1) is 19.8. The fourth-order valence-electron chi connectivity index (χ4n) is 3.75. The first-order valence-corrected chi connectivity index (χ1v) is 11.0. The maximum absolute atomic E-state index is 6.12. The number of rotatable bonds is 8. The van der Waals surface area contributed by atoms with Crippen molar-refractivity contribution in [3.63, 3.8) is 0 Å². The third-order valence-electron chi connectivity index (χ3n) is 5.36. The summed E-state index contributed by atoms with van der Waals surface area (Å²) in [6.45, 7) is 8.22. The number of nitrogens with zero attached hydrogens (tertiary/aromatic N) is 4. The molecule has 0 atom stereocenters. The van der Waals surface area contributed by atoms with Crippen molar-refractivity contribution in [3.05, 3.63) is 53.2 Å². The lowest BCUT2D eigenvalue weighted by atomic mass is 10.1. The van der Waals surface area contributed by atoms with Gasteiger partial charge in [0, 0.05) is 62.3 Å². The molecule has 3 heterocycles. The molecule has 29 heavy (non-hydrogen) atoms. The van der Waals surface area contributed by atoms with E-state index in [1.807, 2.05) is 16.8 Å². The number of imidazole rings is 1. The summed E-state index contributed by atoms with van der Waals surface area (Å²) in [5.41, 5.74) is 3.45. The zero-order valence-electron chi connectivity index (χ0n) is 17.1. The summed E-state index contributed by atoms with van der Waals surface area (Å²) in [6.07, 6.45) is 6.48. The Morgan fingerprint density at radius 2 is 2.00 bits per heavy atom. The number of ether oxygens (including phenoxy) is 2. The molecule has 6 nitrogen and oxygen atoms in total. The Kier molecular flexibility index (Phi) is 6.36. The number of piperazine rings is 1. The number of aryl methyl sites for hydroxylation is 1. The topological polar surface area (TPSA) is 42.8 Å². The van der Waals surface area contributed by atoms with Crippen molar-refractivity contribution in [1.29, 1.82) is 0 Å². The molecule has 0 amide bonds. The minimum atomic E-state index is 0.687. The van der Waals surface area contributed by atoms with E-state index >= 15 is 0 Å². The molecule has 1 aliphatic heterocycles. The van der Waals surface area contributed by atoms with Crippen LogP contribution < -0.4 is 14.4 Å². The highest BCUT2D eigenvalue weighted by Crippen LogP contribution is 2.33. The van der Waals surface area contributed by atoms with Crippen molar-refractivity contribution in [3.8, 4) is 17.2 Å². The quantitative estimate of drug-likeness (QED) is 0.526. The van der Waals surface area contributed by atoms with Crippen LogP contribution in [0.2, 0.25) is 0 Å². The molecule has 0 bridgehead atoms. The van der Waals surface area contributed by atoms with Crippen LogP contribution in [-0.4, -0.2) is 60.9 Å². The number of thiophene rings is 1. The lowest BCUT2D eigenvalue weighted by molar-refractivity contribution is 0.220. The minimum Gasteiger partial charge on any atom is -0.493 e. The summed E-state index contributed by atoms with van der Waals surface area (Å²) in [5.74, 6) is 1.59. The van der Waals surface area contributed by atoms with Crippen LogP contribution >= 0.6 is 11.3 Å². The Labute approximate surface area is 176 Å². The molecule has 0 saturated carbocycles. The van der Waals surface area contributed by atoms with E-state index in [2.05, 4.69) is 44.6 Å². The Balaban J connectivity index is 1.26. The molecule has 2 aromatic heterocycles. The van der Waals surface area contributed by atoms with Crippen LogP contribution in [0.3, 0.4) is 0 Å². The van der Waals surface area contributed by atoms with Crippen LogP contribution in [0, 0.1) is 6.92 Å². The summed E-state index contributed by atoms with van der Waals surface area (Å²) in [7, 11) is 1.69. The fourth-order valence-corrected chi connectivity index (χ4v) is 4.41. The first-order chi connectivity index (χ1) is 14.2. The summed E-state index contributed by atoms with van der Waals surface area (Å²) >= 11 is 1.77.